The lowest BCUT2D eigenvalue weighted by Crippen LogP contribution is -2.53. The lowest BCUT2D eigenvalue weighted by molar-refractivity contribution is -0.149. The number of anilines is 1. The Kier molecular flexibility index (Phi) is 5.05. The number of likely N-dealkylation sites (tertiary alicyclic amines) is 1. The van der Waals surface area contributed by atoms with Gasteiger partial charge in [0.25, 0.3) is 0 Å². The van der Waals surface area contributed by atoms with Crippen molar-refractivity contribution in [2.24, 2.45) is 5.41 Å². The maximum atomic E-state index is 13.5. The molecule has 0 unspecified atom stereocenters. The van der Waals surface area contributed by atoms with Crippen molar-refractivity contribution in [3.63, 3.8) is 0 Å². The van der Waals surface area contributed by atoms with Crippen molar-refractivity contribution in [1.29, 1.82) is 5.26 Å². The Bertz CT molecular complexity index is 929. The number of hydrogen-bond donors (Lipinski definition) is 2. The summed E-state index contributed by atoms with van der Waals surface area (Å²) in [7, 11) is 0. The molecular formula is C23H28N4O3. The van der Waals surface area contributed by atoms with Gasteiger partial charge >= 0.3 is 0 Å². The summed E-state index contributed by atoms with van der Waals surface area (Å²) >= 11 is 0. The van der Waals surface area contributed by atoms with Crippen molar-refractivity contribution in [2.45, 2.75) is 69.9 Å². The molecule has 4 rings (SSSR count). The molecule has 2 atom stereocenters. The molecule has 0 bridgehead atoms. The van der Waals surface area contributed by atoms with Crippen LogP contribution in [0.15, 0.2) is 24.3 Å². The van der Waals surface area contributed by atoms with Crippen molar-refractivity contribution in [2.75, 3.05) is 11.9 Å². The topological polar surface area (TPSA) is 102 Å². The predicted octanol–water partition coefficient (Wildman–Crippen LogP) is 2.48. The van der Waals surface area contributed by atoms with E-state index in [1.807, 2.05) is 24.3 Å². The standard InChI is InChI=1S/C23H28N4O3/c1-22(2,19(28)25-15-8-4-3-5-9-15)21(30)27-14-23(12-16(27)13-24)17-10-6-7-11-18(17)26-20(23)29/h6-7,10-11,15-16H,3-5,8-9,12,14H2,1-2H3,(H,25,28)(H,26,29)/t16-,23-/m0/s1. The first-order valence-corrected chi connectivity index (χ1v) is 10.7. The van der Waals surface area contributed by atoms with E-state index in [4.69, 9.17) is 0 Å². The molecule has 1 saturated carbocycles. The van der Waals surface area contributed by atoms with Crippen molar-refractivity contribution in [3.8, 4) is 6.07 Å². The summed E-state index contributed by atoms with van der Waals surface area (Å²) in [6.07, 6.45) is 5.44. The van der Waals surface area contributed by atoms with Crippen LogP contribution in [0.2, 0.25) is 0 Å². The molecule has 30 heavy (non-hydrogen) atoms. The quantitative estimate of drug-likeness (QED) is 0.750. The van der Waals surface area contributed by atoms with Crippen LogP contribution in [-0.2, 0) is 19.8 Å². The van der Waals surface area contributed by atoms with Gasteiger partial charge in [0, 0.05) is 24.7 Å². The molecule has 0 radical (unpaired) electrons. The highest BCUT2D eigenvalue weighted by atomic mass is 16.2. The minimum absolute atomic E-state index is 0.0995. The fraction of sp³-hybridized carbons (Fsp3) is 0.565. The molecule has 3 aliphatic rings. The SMILES string of the molecule is CC(C)(C(=O)NC1CCCCC1)C(=O)N1C[C@]2(C[C@H]1C#N)C(=O)Nc1ccccc12. The summed E-state index contributed by atoms with van der Waals surface area (Å²) in [5.74, 6) is -0.909. The first kappa shape index (κ1) is 20.4. The maximum Gasteiger partial charge on any atom is 0.238 e. The van der Waals surface area contributed by atoms with Gasteiger partial charge in [0.2, 0.25) is 17.7 Å². The van der Waals surface area contributed by atoms with Crippen LogP contribution < -0.4 is 10.6 Å². The van der Waals surface area contributed by atoms with Crippen molar-refractivity contribution < 1.29 is 14.4 Å². The van der Waals surface area contributed by atoms with Crippen molar-refractivity contribution in [3.05, 3.63) is 29.8 Å². The molecule has 158 valence electrons. The molecule has 7 nitrogen and oxygen atoms in total. The fourth-order valence-electron chi connectivity index (χ4n) is 5.04. The number of carbonyl (C=O) groups is 3. The van der Waals surface area contributed by atoms with E-state index in [2.05, 4.69) is 16.7 Å². The van der Waals surface area contributed by atoms with Gasteiger partial charge in [-0.2, -0.15) is 5.26 Å². The first-order valence-electron chi connectivity index (χ1n) is 10.7. The zero-order valence-corrected chi connectivity index (χ0v) is 17.5. The summed E-state index contributed by atoms with van der Waals surface area (Å²) in [5, 5.41) is 15.7. The van der Waals surface area contributed by atoms with E-state index in [0.29, 0.717) is 0 Å². The Morgan fingerprint density at radius 2 is 1.93 bits per heavy atom. The summed E-state index contributed by atoms with van der Waals surface area (Å²) in [5.41, 5.74) is -0.715. The van der Waals surface area contributed by atoms with E-state index < -0.39 is 22.8 Å². The van der Waals surface area contributed by atoms with E-state index in [-0.39, 0.29) is 30.8 Å². The molecule has 1 spiro atoms. The zero-order chi connectivity index (χ0) is 21.5. The summed E-state index contributed by atoms with van der Waals surface area (Å²) in [4.78, 5) is 40.8. The van der Waals surface area contributed by atoms with Gasteiger partial charge in [0.05, 0.1) is 11.5 Å². The molecule has 1 saturated heterocycles. The van der Waals surface area contributed by atoms with Gasteiger partial charge in [-0.1, -0.05) is 37.5 Å². The smallest absolute Gasteiger partial charge is 0.238 e. The monoisotopic (exact) mass is 408 g/mol. The zero-order valence-electron chi connectivity index (χ0n) is 17.5. The number of nitrogens with zero attached hydrogens (tertiary/aromatic N) is 2. The number of nitriles is 1. The highest BCUT2D eigenvalue weighted by Gasteiger charge is 2.57. The van der Waals surface area contributed by atoms with Crippen LogP contribution in [-0.4, -0.2) is 41.2 Å². The molecule has 2 fully saturated rings. The molecule has 3 amide bonds. The van der Waals surface area contributed by atoms with E-state index in [1.54, 1.807) is 13.8 Å². The number of rotatable bonds is 3. The second kappa shape index (κ2) is 7.42. The number of carbonyl (C=O) groups excluding carboxylic acids is 3. The first-order chi connectivity index (χ1) is 14.3. The number of amides is 3. The van der Waals surface area contributed by atoms with Gasteiger partial charge in [-0.25, -0.2) is 0 Å². The Labute approximate surface area is 176 Å². The predicted molar refractivity (Wildman–Crippen MR) is 111 cm³/mol. The molecule has 2 aliphatic heterocycles. The molecule has 1 aliphatic carbocycles. The summed E-state index contributed by atoms with van der Waals surface area (Å²) in [6.45, 7) is 3.32. The number of para-hydroxylation sites is 1. The van der Waals surface area contributed by atoms with Crippen LogP contribution in [0.25, 0.3) is 0 Å². The van der Waals surface area contributed by atoms with Crippen molar-refractivity contribution in [1.82, 2.24) is 10.2 Å². The highest BCUT2D eigenvalue weighted by molar-refractivity contribution is 6.09. The average Bonchev–Trinajstić information content (AvgIpc) is 3.27. The van der Waals surface area contributed by atoms with Gasteiger partial charge in [0.15, 0.2) is 0 Å². The molecule has 7 heteroatoms. The maximum absolute atomic E-state index is 13.5. The van der Waals surface area contributed by atoms with Crippen LogP contribution in [0.5, 0.6) is 0 Å². The number of hydrogen-bond acceptors (Lipinski definition) is 4. The molecule has 0 aromatic heterocycles. The van der Waals surface area contributed by atoms with E-state index >= 15 is 0 Å². The molecule has 1 aromatic carbocycles. The van der Waals surface area contributed by atoms with Gasteiger partial charge < -0.3 is 15.5 Å². The average molecular weight is 409 g/mol. The fourth-order valence-corrected chi connectivity index (χ4v) is 5.04. The van der Waals surface area contributed by atoms with Gasteiger partial charge in [-0.05, 0) is 38.3 Å². The molecule has 1 aromatic rings. The summed E-state index contributed by atoms with van der Waals surface area (Å²) in [6, 6.07) is 8.93. The number of benzene rings is 1. The van der Waals surface area contributed by atoms with Crippen LogP contribution in [0, 0.1) is 16.7 Å². The minimum atomic E-state index is -1.31. The lowest BCUT2D eigenvalue weighted by Gasteiger charge is -2.32. The van der Waals surface area contributed by atoms with E-state index in [0.717, 1.165) is 36.9 Å². The van der Waals surface area contributed by atoms with Gasteiger partial charge in [0.1, 0.15) is 11.5 Å². The minimum Gasteiger partial charge on any atom is -0.352 e. The molecule has 2 N–H and O–H groups in total. The second-order valence-electron chi connectivity index (χ2n) is 9.30. The Morgan fingerprint density at radius 3 is 2.63 bits per heavy atom. The number of nitrogens with one attached hydrogen (secondary N) is 2. The van der Waals surface area contributed by atoms with Gasteiger partial charge in [-0.15, -0.1) is 0 Å². The Balaban J connectivity index is 1.57. The third-order valence-electron chi connectivity index (χ3n) is 6.94. The van der Waals surface area contributed by atoms with E-state index in [9.17, 15) is 19.6 Å². The second-order valence-corrected chi connectivity index (χ2v) is 9.30. The summed E-state index contributed by atoms with van der Waals surface area (Å²) < 4.78 is 0. The van der Waals surface area contributed by atoms with Crippen molar-refractivity contribution >= 4 is 23.4 Å². The lowest BCUT2D eigenvalue weighted by atomic mass is 9.80. The number of fused-ring (bicyclic) bond motifs is 2. The Hall–Kier alpha value is -2.88. The van der Waals surface area contributed by atoms with Crippen LogP contribution >= 0.6 is 0 Å². The third-order valence-corrected chi connectivity index (χ3v) is 6.94. The molecule has 2 heterocycles. The van der Waals surface area contributed by atoms with Crippen LogP contribution in [0.4, 0.5) is 5.69 Å². The van der Waals surface area contributed by atoms with Gasteiger partial charge in [-0.3, -0.25) is 14.4 Å². The van der Waals surface area contributed by atoms with Crippen LogP contribution in [0.3, 0.4) is 0 Å². The van der Waals surface area contributed by atoms with E-state index in [1.165, 1.54) is 11.3 Å². The Morgan fingerprint density at radius 1 is 1.23 bits per heavy atom. The largest absolute Gasteiger partial charge is 0.352 e. The molecular weight excluding hydrogens is 380 g/mol. The third kappa shape index (κ3) is 3.15. The highest BCUT2D eigenvalue weighted by Crippen LogP contribution is 2.47. The van der Waals surface area contributed by atoms with Crippen LogP contribution in [0.1, 0.15) is 57.9 Å². The normalized spacial score (nSPS) is 26.2.